The van der Waals surface area contributed by atoms with Crippen molar-refractivity contribution in [3.63, 3.8) is 0 Å². The van der Waals surface area contributed by atoms with E-state index in [9.17, 15) is 5.11 Å². The molecule has 1 aliphatic rings. The zero-order valence-corrected chi connectivity index (χ0v) is 9.54. The van der Waals surface area contributed by atoms with Crippen LogP contribution in [0.5, 0.6) is 0 Å². The molecule has 0 aromatic carbocycles. The van der Waals surface area contributed by atoms with Gasteiger partial charge in [0, 0.05) is 5.69 Å². The lowest BCUT2D eigenvalue weighted by Gasteiger charge is -2.09. The molecule has 1 saturated carbocycles. The second-order valence-electron chi connectivity index (χ2n) is 3.77. The minimum atomic E-state index is -0.419. The average molecular weight is 196 g/mol. The Morgan fingerprint density at radius 3 is 2.36 bits per heavy atom. The fraction of sp³-hybridized carbons (Fsp3) is 0.727. The molecular weight excluding hydrogens is 176 g/mol. The predicted octanol–water partition coefficient (Wildman–Crippen LogP) is 2.05. The number of hydrogen-bond donors (Lipinski definition) is 1. The monoisotopic (exact) mass is 196 g/mol. The molecule has 1 aliphatic carbocycles. The molecule has 80 valence electrons. The zero-order valence-electron chi connectivity index (χ0n) is 9.54. The molecule has 1 fully saturated rings. The highest BCUT2D eigenvalue weighted by atomic mass is 16.3. The van der Waals surface area contributed by atoms with Crippen LogP contribution in [0.15, 0.2) is 6.33 Å². The summed E-state index contributed by atoms with van der Waals surface area (Å²) in [6.45, 7) is 8.73. The maximum Gasteiger partial charge on any atom is 0.0952 e. The Balaban J connectivity index is 0.000000461. The van der Waals surface area contributed by atoms with E-state index in [2.05, 4.69) is 4.98 Å². The van der Waals surface area contributed by atoms with E-state index in [4.69, 9.17) is 0 Å². The van der Waals surface area contributed by atoms with Gasteiger partial charge >= 0.3 is 0 Å². The molecule has 3 heteroatoms. The van der Waals surface area contributed by atoms with Crippen molar-refractivity contribution in [1.82, 2.24) is 9.55 Å². The normalized spacial score (nSPS) is 17.2. The first-order valence-electron chi connectivity index (χ1n) is 5.31. The van der Waals surface area contributed by atoms with E-state index in [0.29, 0.717) is 6.54 Å². The van der Waals surface area contributed by atoms with Crippen LogP contribution < -0.4 is 0 Å². The summed E-state index contributed by atoms with van der Waals surface area (Å²) >= 11 is 0. The average Bonchev–Trinajstić information content (AvgIpc) is 2.85. The van der Waals surface area contributed by atoms with Crippen molar-refractivity contribution in [3.05, 3.63) is 17.7 Å². The topological polar surface area (TPSA) is 38.0 Å². The Labute approximate surface area is 85.8 Å². The Morgan fingerprint density at radius 1 is 1.43 bits per heavy atom. The van der Waals surface area contributed by atoms with E-state index >= 15 is 0 Å². The van der Waals surface area contributed by atoms with E-state index in [0.717, 1.165) is 24.2 Å². The highest BCUT2D eigenvalue weighted by Crippen LogP contribution is 2.36. The number of nitrogens with zero attached hydrogens (tertiary/aromatic N) is 2. The summed E-state index contributed by atoms with van der Waals surface area (Å²) in [5, 5.41) is 9.67. The molecule has 3 nitrogen and oxygen atoms in total. The maximum absolute atomic E-state index is 9.67. The van der Waals surface area contributed by atoms with Gasteiger partial charge in [-0.15, -0.1) is 0 Å². The van der Waals surface area contributed by atoms with Gasteiger partial charge in [-0.1, -0.05) is 13.8 Å². The minimum Gasteiger partial charge on any atom is -0.388 e. The SMILES string of the molecule is CC.Cc1ncn(CC2(O)CC2)c1C. The van der Waals surface area contributed by atoms with Gasteiger partial charge in [0.05, 0.1) is 24.2 Å². The second-order valence-corrected chi connectivity index (χ2v) is 3.77. The Bertz CT molecular complexity index is 300. The van der Waals surface area contributed by atoms with Crippen LogP contribution in [0.2, 0.25) is 0 Å². The van der Waals surface area contributed by atoms with Crippen LogP contribution in [0.25, 0.3) is 0 Å². The van der Waals surface area contributed by atoms with Crippen LogP contribution in [-0.2, 0) is 6.54 Å². The van der Waals surface area contributed by atoms with E-state index < -0.39 is 5.60 Å². The molecule has 0 saturated heterocycles. The highest BCUT2D eigenvalue weighted by molar-refractivity contribution is 5.10. The van der Waals surface area contributed by atoms with Gasteiger partial charge in [-0.05, 0) is 26.7 Å². The fourth-order valence-corrected chi connectivity index (χ4v) is 1.32. The van der Waals surface area contributed by atoms with Crippen molar-refractivity contribution in [2.24, 2.45) is 0 Å². The summed E-state index contributed by atoms with van der Waals surface area (Å²) in [4.78, 5) is 4.18. The van der Waals surface area contributed by atoms with Crippen molar-refractivity contribution in [3.8, 4) is 0 Å². The van der Waals surface area contributed by atoms with E-state index in [1.807, 2.05) is 32.3 Å². The Morgan fingerprint density at radius 2 is 2.00 bits per heavy atom. The van der Waals surface area contributed by atoms with Gasteiger partial charge in [-0.3, -0.25) is 0 Å². The molecule has 1 N–H and O–H groups in total. The first-order valence-corrected chi connectivity index (χ1v) is 5.31. The lowest BCUT2D eigenvalue weighted by Crippen LogP contribution is -2.17. The predicted molar refractivity (Wildman–Crippen MR) is 57.2 cm³/mol. The van der Waals surface area contributed by atoms with Crippen molar-refractivity contribution in [1.29, 1.82) is 0 Å². The third-order valence-corrected chi connectivity index (χ3v) is 2.64. The molecule has 0 bridgehead atoms. The van der Waals surface area contributed by atoms with Crippen LogP contribution in [0.4, 0.5) is 0 Å². The molecule has 1 aromatic heterocycles. The number of aromatic nitrogens is 2. The van der Waals surface area contributed by atoms with Gasteiger partial charge < -0.3 is 9.67 Å². The smallest absolute Gasteiger partial charge is 0.0952 e. The van der Waals surface area contributed by atoms with Crippen molar-refractivity contribution < 1.29 is 5.11 Å². The number of aliphatic hydroxyl groups is 1. The molecule has 0 unspecified atom stereocenters. The van der Waals surface area contributed by atoms with Crippen LogP contribution in [-0.4, -0.2) is 20.3 Å². The summed E-state index contributed by atoms with van der Waals surface area (Å²) in [6, 6.07) is 0. The lowest BCUT2D eigenvalue weighted by atomic mass is 10.3. The molecular formula is C11H20N2O. The molecule has 14 heavy (non-hydrogen) atoms. The molecule has 1 heterocycles. The molecule has 2 rings (SSSR count). The van der Waals surface area contributed by atoms with E-state index in [1.165, 1.54) is 0 Å². The van der Waals surface area contributed by atoms with Crippen LogP contribution in [0.1, 0.15) is 38.1 Å². The van der Waals surface area contributed by atoms with Crippen molar-refractivity contribution in [2.75, 3.05) is 0 Å². The van der Waals surface area contributed by atoms with Gasteiger partial charge in [-0.2, -0.15) is 0 Å². The Hall–Kier alpha value is -0.830. The summed E-state index contributed by atoms with van der Waals surface area (Å²) in [6.07, 6.45) is 3.67. The zero-order chi connectivity index (χ0) is 10.8. The number of imidazole rings is 1. The quantitative estimate of drug-likeness (QED) is 0.786. The lowest BCUT2D eigenvalue weighted by molar-refractivity contribution is 0.129. The van der Waals surface area contributed by atoms with Gasteiger partial charge in [0.25, 0.3) is 0 Å². The number of aryl methyl sites for hydroxylation is 1. The molecule has 0 amide bonds. The number of rotatable bonds is 2. The van der Waals surface area contributed by atoms with Crippen molar-refractivity contribution in [2.45, 2.75) is 52.7 Å². The first-order chi connectivity index (χ1) is 6.61. The minimum absolute atomic E-state index is 0.419. The molecule has 0 aliphatic heterocycles. The molecule has 0 radical (unpaired) electrons. The second kappa shape index (κ2) is 4.13. The van der Waals surface area contributed by atoms with Gasteiger partial charge in [-0.25, -0.2) is 4.98 Å². The third-order valence-electron chi connectivity index (χ3n) is 2.64. The van der Waals surface area contributed by atoms with Crippen LogP contribution in [0, 0.1) is 13.8 Å². The van der Waals surface area contributed by atoms with Gasteiger partial charge in [0.1, 0.15) is 0 Å². The fourth-order valence-electron chi connectivity index (χ4n) is 1.32. The summed E-state index contributed by atoms with van der Waals surface area (Å²) in [7, 11) is 0. The van der Waals surface area contributed by atoms with Crippen LogP contribution in [0.3, 0.4) is 0 Å². The van der Waals surface area contributed by atoms with E-state index in [1.54, 1.807) is 6.33 Å². The third kappa shape index (κ3) is 2.35. The maximum atomic E-state index is 9.67. The largest absolute Gasteiger partial charge is 0.388 e. The standard InChI is InChI=1S/C9H14N2O.C2H6/c1-7-8(2)11(6-10-7)5-9(12)3-4-9;1-2/h6,12H,3-5H2,1-2H3;1-2H3. The van der Waals surface area contributed by atoms with Crippen LogP contribution >= 0.6 is 0 Å². The first kappa shape index (κ1) is 11.2. The molecule has 0 spiro atoms. The Kier molecular flexibility index (Phi) is 3.32. The van der Waals surface area contributed by atoms with Crippen molar-refractivity contribution >= 4 is 0 Å². The molecule has 1 aromatic rings. The number of hydrogen-bond acceptors (Lipinski definition) is 2. The summed E-state index contributed by atoms with van der Waals surface area (Å²) in [5.41, 5.74) is 1.80. The molecule has 0 atom stereocenters. The highest BCUT2D eigenvalue weighted by Gasteiger charge is 2.40. The summed E-state index contributed by atoms with van der Waals surface area (Å²) < 4.78 is 2.03. The van der Waals surface area contributed by atoms with Gasteiger partial charge in [0.15, 0.2) is 0 Å². The van der Waals surface area contributed by atoms with Gasteiger partial charge in [0.2, 0.25) is 0 Å². The summed E-state index contributed by atoms with van der Waals surface area (Å²) in [5.74, 6) is 0. The van der Waals surface area contributed by atoms with E-state index in [-0.39, 0.29) is 0 Å².